The predicted molar refractivity (Wildman–Crippen MR) is 99.5 cm³/mol. The number of aryl methyl sites for hydroxylation is 1. The number of carbonyl (C=O) groups excluding carboxylic acids is 2. The van der Waals surface area contributed by atoms with E-state index in [9.17, 15) is 9.59 Å². The zero-order chi connectivity index (χ0) is 18.4. The minimum atomic E-state index is -0.355. The summed E-state index contributed by atoms with van der Waals surface area (Å²) in [5, 5.41) is 1.18. The molecule has 134 valence electrons. The number of aromatic amines is 1. The number of benzene rings is 2. The highest BCUT2D eigenvalue weighted by Gasteiger charge is 2.11. The molecular formula is C21H21NO4. The van der Waals surface area contributed by atoms with Crippen molar-refractivity contribution in [3.8, 4) is 5.75 Å². The number of hydrogen-bond donors (Lipinski definition) is 1. The summed E-state index contributed by atoms with van der Waals surface area (Å²) < 4.78 is 10.1. The molecule has 3 aromatic rings. The predicted octanol–water partition coefficient (Wildman–Crippen LogP) is 3.93. The number of ketones is 1. The van der Waals surface area contributed by atoms with Crippen LogP contribution in [0.3, 0.4) is 0 Å². The van der Waals surface area contributed by atoms with Crippen molar-refractivity contribution in [2.45, 2.75) is 19.3 Å². The number of nitrogens with one attached hydrogen (secondary N) is 1. The lowest BCUT2D eigenvalue weighted by Gasteiger charge is -2.05. The van der Waals surface area contributed by atoms with E-state index in [1.165, 1.54) is 10.9 Å². The zero-order valence-electron chi connectivity index (χ0n) is 14.7. The Bertz CT molecular complexity index is 896. The molecule has 0 saturated heterocycles. The second-order valence-corrected chi connectivity index (χ2v) is 6.03. The average Bonchev–Trinajstić information content (AvgIpc) is 3.09. The first-order chi connectivity index (χ1) is 12.7. The van der Waals surface area contributed by atoms with Crippen molar-refractivity contribution in [2.24, 2.45) is 0 Å². The molecule has 1 N–H and O–H groups in total. The standard InChI is InChI=1S/C21H21NO4/c1-25-17-11-9-15(10-12-17)20(23)14-26-21(24)8-4-5-16-13-22-19-7-3-2-6-18(16)19/h2-3,6-7,9-13,22H,4-5,8,14H2,1H3. The van der Waals surface area contributed by atoms with Crippen LogP contribution in [0.1, 0.15) is 28.8 Å². The molecule has 1 heterocycles. The Morgan fingerprint density at radius 2 is 1.81 bits per heavy atom. The van der Waals surface area contributed by atoms with Gasteiger partial charge >= 0.3 is 5.97 Å². The molecule has 0 aliphatic heterocycles. The van der Waals surface area contributed by atoms with Crippen LogP contribution < -0.4 is 4.74 Å². The van der Waals surface area contributed by atoms with Gasteiger partial charge in [-0.2, -0.15) is 0 Å². The average molecular weight is 351 g/mol. The van der Waals surface area contributed by atoms with Gasteiger partial charge in [-0.25, -0.2) is 0 Å². The summed E-state index contributed by atoms with van der Waals surface area (Å²) in [6.07, 6.45) is 3.72. The summed E-state index contributed by atoms with van der Waals surface area (Å²) in [7, 11) is 1.56. The molecule has 0 fully saturated rings. The van der Waals surface area contributed by atoms with E-state index in [0.717, 1.165) is 11.9 Å². The number of ether oxygens (including phenoxy) is 2. The quantitative estimate of drug-likeness (QED) is 0.493. The number of Topliss-reactive ketones (excluding diaryl/α,β-unsaturated/α-hetero) is 1. The van der Waals surface area contributed by atoms with Gasteiger partial charge in [0.15, 0.2) is 12.4 Å². The third-order valence-electron chi connectivity index (χ3n) is 4.28. The molecule has 0 spiro atoms. The summed E-state index contributed by atoms with van der Waals surface area (Å²) >= 11 is 0. The molecule has 0 saturated carbocycles. The maximum atomic E-state index is 12.0. The van der Waals surface area contributed by atoms with Gasteiger partial charge in [0.05, 0.1) is 7.11 Å². The van der Waals surface area contributed by atoms with Crippen LogP contribution in [0, 0.1) is 0 Å². The second kappa shape index (κ2) is 8.34. The molecule has 0 aliphatic rings. The Balaban J connectivity index is 1.43. The van der Waals surface area contributed by atoms with Crippen LogP contribution in [-0.2, 0) is 16.0 Å². The highest BCUT2D eigenvalue weighted by Crippen LogP contribution is 2.19. The number of para-hydroxylation sites is 1. The van der Waals surface area contributed by atoms with E-state index in [2.05, 4.69) is 11.1 Å². The molecule has 5 heteroatoms. The molecule has 0 atom stereocenters. The molecule has 1 aromatic heterocycles. The van der Waals surface area contributed by atoms with Crippen molar-refractivity contribution >= 4 is 22.7 Å². The number of aromatic nitrogens is 1. The summed E-state index contributed by atoms with van der Waals surface area (Å²) in [6.45, 7) is -0.238. The Morgan fingerprint density at radius 1 is 1.04 bits per heavy atom. The van der Waals surface area contributed by atoms with Gasteiger partial charge in [0, 0.05) is 29.1 Å². The first-order valence-corrected chi connectivity index (χ1v) is 8.55. The molecule has 0 aliphatic carbocycles. The number of hydrogen-bond acceptors (Lipinski definition) is 4. The van der Waals surface area contributed by atoms with Crippen molar-refractivity contribution < 1.29 is 19.1 Å². The molecule has 3 rings (SSSR count). The van der Waals surface area contributed by atoms with Crippen molar-refractivity contribution in [1.29, 1.82) is 0 Å². The smallest absolute Gasteiger partial charge is 0.306 e. The highest BCUT2D eigenvalue weighted by atomic mass is 16.5. The van der Waals surface area contributed by atoms with E-state index >= 15 is 0 Å². The molecule has 0 bridgehead atoms. The van der Waals surface area contributed by atoms with Gasteiger partial charge < -0.3 is 14.5 Å². The van der Waals surface area contributed by atoms with Crippen LogP contribution in [0.2, 0.25) is 0 Å². The van der Waals surface area contributed by atoms with Gasteiger partial charge in [-0.05, 0) is 48.7 Å². The van der Waals surface area contributed by atoms with Crippen molar-refractivity contribution in [2.75, 3.05) is 13.7 Å². The molecule has 5 nitrogen and oxygen atoms in total. The molecule has 26 heavy (non-hydrogen) atoms. The Morgan fingerprint density at radius 3 is 2.58 bits per heavy atom. The Hall–Kier alpha value is -3.08. The van der Waals surface area contributed by atoms with E-state index in [0.29, 0.717) is 17.7 Å². The van der Waals surface area contributed by atoms with E-state index in [4.69, 9.17) is 9.47 Å². The van der Waals surface area contributed by atoms with E-state index in [1.54, 1.807) is 31.4 Å². The zero-order valence-corrected chi connectivity index (χ0v) is 14.7. The Kier molecular flexibility index (Phi) is 5.69. The van der Waals surface area contributed by atoms with Gasteiger partial charge in [0.2, 0.25) is 0 Å². The minimum absolute atomic E-state index is 0.224. The van der Waals surface area contributed by atoms with Crippen LogP contribution >= 0.6 is 0 Å². The van der Waals surface area contributed by atoms with Crippen LogP contribution in [0.25, 0.3) is 10.9 Å². The number of H-pyrrole nitrogens is 1. The molecular weight excluding hydrogens is 330 g/mol. The van der Waals surface area contributed by atoms with Crippen LogP contribution in [0.5, 0.6) is 5.75 Å². The monoisotopic (exact) mass is 351 g/mol. The maximum Gasteiger partial charge on any atom is 0.306 e. The number of fused-ring (bicyclic) bond motifs is 1. The number of carbonyl (C=O) groups is 2. The third-order valence-corrected chi connectivity index (χ3v) is 4.28. The summed E-state index contributed by atoms with van der Waals surface area (Å²) in [6, 6.07) is 14.8. The van der Waals surface area contributed by atoms with Gasteiger partial charge in [-0.3, -0.25) is 9.59 Å². The van der Waals surface area contributed by atoms with Gasteiger partial charge in [0.25, 0.3) is 0 Å². The molecule has 0 radical (unpaired) electrons. The first-order valence-electron chi connectivity index (χ1n) is 8.55. The van der Waals surface area contributed by atoms with Gasteiger partial charge in [0.1, 0.15) is 5.75 Å². The summed E-state index contributed by atoms with van der Waals surface area (Å²) in [5.74, 6) is 0.0974. The normalized spacial score (nSPS) is 10.7. The fraction of sp³-hybridized carbons (Fsp3) is 0.238. The van der Waals surface area contributed by atoms with Crippen molar-refractivity contribution in [1.82, 2.24) is 4.98 Å². The maximum absolute atomic E-state index is 12.0. The molecule has 2 aromatic carbocycles. The minimum Gasteiger partial charge on any atom is -0.497 e. The van der Waals surface area contributed by atoms with Crippen LogP contribution in [0.15, 0.2) is 54.7 Å². The van der Waals surface area contributed by atoms with Crippen molar-refractivity contribution in [3.05, 3.63) is 65.9 Å². The third kappa shape index (κ3) is 4.30. The number of esters is 1. The first kappa shape index (κ1) is 17.7. The second-order valence-electron chi connectivity index (χ2n) is 6.03. The fourth-order valence-corrected chi connectivity index (χ4v) is 2.84. The lowest BCUT2D eigenvalue weighted by molar-refractivity contribution is -0.142. The number of rotatable bonds is 8. The topological polar surface area (TPSA) is 68.4 Å². The SMILES string of the molecule is COc1ccc(C(=O)COC(=O)CCCc2c[nH]c3ccccc23)cc1. The summed E-state index contributed by atoms with van der Waals surface area (Å²) in [4.78, 5) is 27.1. The molecule has 0 amide bonds. The van der Waals surface area contributed by atoms with Crippen LogP contribution in [0.4, 0.5) is 0 Å². The van der Waals surface area contributed by atoms with Crippen molar-refractivity contribution in [3.63, 3.8) is 0 Å². The van der Waals surface area contributed by atoms with E-state index in [1.807, 2.05) is 24.4 Å². The number of methoxy groups -OCH3 is 1. The molecule has 0 unspecified atom stereocenters. The van der Waals surface area contributed by atoms with Gasteiger partial charge in [-0.15, -0.1) is 0 Å². The lowest BCUT2D eigenvalue weighted by Crippen LogP contribution is -2.14. The highest BCUT2D eigenvalue weighted by molar-refractivity contribution is 5.98. The summed E-state index contributed by atoms with van der Waals surface area (Å²) in [5.41, 5.74) is 2.77. The van der Waals surface area contributed by atoms with E-state index in [-0.39, 0.29) is 24.8 Å². The van der Waals surface area contributed by atoms with Crippen LogP contribution in [-0.4, -0.2) is 30.5 Å². The Labute approximate surface area is 151 Å². The van der Waals surface area contributed by atoms with E-state index < -0.39 is 0 Å². The lowest BCUT2D eigenvalue weighted by atomic mass is 10.1. The largest absolute Gasteiger partial charge is 0.497 e. The fourth-order valence-electron chi connectivity index (χ4n) is 2.84. The van der Waals surface area contributed by atoms with Gasteiger partial charge in [-0.1, -0.05) is 18.2 Å².